The van der Waals surface area contributed by atoms with Crippen molar-refractivity contribution in [2.75, 3.05) is 25.0 Å². The largest absolute Gasteiger partial charge is 0.353 e. The lowest BCUT2D eigenvalue weighted by Crippen LogP contribution is -2.23. The Morgan fingerprint density at radius 1 is 1.20 bits per heavy atom. The molecule has 0 bridgehead atoms. The van der Waals surface area contributed by atoms with Crippen molar-refractivity contribution in [2.24, 2.45) is 5.92 Å². The number of aromatic nitrogens is 3. The Bertz CT molecular complexity index is 754. The molecule has 1 N–H and O–H groups in total. The van der Waals surface area contributed by atoms with E-state index in [4.69, 9.17) is 9.97 Å². The number of rotatable bonds is 5. The van der Waals surface area contributed by atoms with Crippen LogP contribution in [0.2, 0.25) is 0 Å². The first kappa shape index (κ1) is 16.5. The van der Waals surface area contributed by atoms with Gasteiger partial charge in [0, 0.05) is 38.2 Å². The van der Waals surface area contributed by atoms with Crippen molar-refractivity contribution in [3.05, 3.63) is 46.7 Å². The number of hydrogen-bond donors (Lipinski definition) is 1. The molecule has 1 saturated carbocycles. The summed E-state index contributed by atoms with van der Waals surface area (Å²) in [6, 6.07) is 4.12. The van der Waals surface area contributed by atoms with Gasteiger partial charge in [-0.05, 0) is 50.3 Å². The van der Waals surface area contributed by atoms with Gasteiger partial charge >= 0.3 is 0 Å². The van der Waals surface area contributed by atoms with Crippen LogP contribution in [-0.4, -0.2) is 35.1 Å². The monoisotopic (exact) mass is 337 g/mol. The molecule has 2 aromatic rings. The van der Waals surface area contributed by atoms with Gasteiger partial charge in [0.1, 0.15) is 11.6 Å². The number of nitrogens with zero attached hydrogens (tertiary/aromatic N) is 4. The molecule has 0 spiro atoms. The minimum atomic E-state index is 0.784. The lowest BCUT2D eigenvalue weighted by molar-refractivity contribution is 0.706. The molecule has 3 heterocycles. The van der Waals surface area contributed by atoms with Crippen LogP contribution in [0.4, 0.5) is 5.82 Å². The molecule has 132 valence electrons. The average Bonchev–Trinajstić information content (AvgIpc) is 3.43. The number of hydrogen-bond acceptors (Lipinski definition) is 5. The summed E-state index contributed by atoms with van der Waals surface area (Å²) in [6.07, 6.45) is 7.57. The summed E-state index contributed by atoms with van der Waals surface area (Å²) < 4.78 is 0. The zero-order chi connectivity index (χ0) is 17.2. The van der Waals surface area contributed by atoms with E-state index in [9.17, 15) is 0 Å². The highest BCUT2D eigenvalue weighted by Gasteiger charge is 2.25. The van der Waals surface area contributed by atoms with Crippen molar-refractivity contribution in [1.82, 2.24) is 20.3 Å². The molecule has 0 aromatic carbocycles. The van der Waals surface area contributed by atoms with Crippen LogP contribution in [0.25, 0.3) is 0 Å². The van der Waals surface area contributed by atoms with Crippen molar-refractivity contribution in [3.8, 4) is 0 Å². The molecular formula is C20H27N5. The third-order valence-corrected chi connectivity index (χ3v) is 5.24. The molecule has 0 radical (unpaired) electrons. The molecule has 0 amide bonds. The van der Waals surface area contributed by atoms with Gasteiger partial charge in [-0.15, -0.1) is 0 Å². The van der Waals surface area contributed by atoms with Crippen LogP contribution in [0.5, 0.6) is 0 Å². The number of pyridine rings is 1. The molecular weight excluding hydrogens is 310 g/mol. The van der Waals surface area contributed by atoms with E-state index in [0.29, 0.717) is 0 Å². The van der Waals surface area contributed by atoms with Crippen LogP contribution in [0, 0.1) is 12.8 Å². The zero-order valence-electron chi connectivity index (χ0n) is 15.3. The molecule has 25 heavy (non-hydrogen) atoms. The van der Waals surface area contributed by atoms with Gasteiger partial charge in [0.25, 0.3) is 0 Å². The number of fused-ring (bicyclic) bond motifs is 1. The quantitative estimate of drug-likeness (QED) is 0.908. The van der Waals surface area contributed by atoms with Crippen molar-refractivity contribution in [2.45, 2.75) is 45.6 Å². The Morgan fingerprint density at radius 2 is 2.04 bits per heavy atom. The van der Waals surface area contributed by atoms with E-state index >= 15 is 0 Å². The summed E-state index contributed by atoms with van der Waals surface area (Å²) in [7, 11) is 2.13. The van der Waals surface area contributed by atoms with E-state index in [0.717, 1.165) is 62.2 Å². The van der Waals surface area contributed by atoms with Crippen molar-refractivity contribution < 1.29 is 0 Å². The third-order valence-electron chi connectivity index (χ3n) is 5.24. The lowest BCUT2D eigenvalue weighted by Gasteiger charge is -2.23. The van der Waals surface area contributed by atoms with Gasteiger partial charge in [0.2, 0.25) is 0 Å². The summed E-state index contributed by atoms with van der Waals surface area (Å²) in [5.74, 6) is 2.94. The van der Waals surface area contributed by atoms with E-state index in [1.165, 1.54) is 29.7 Å². The van der Waals surface area contributed by atoms with Crippen LogP contribution >= 0.6 is 0 Å². The van der Waals surface area contributed by atoms with E-state index in [2.05, 4.69) is 35.2 Å². The van der Waals surface area contributed by atoms with Crippen molar-refractivity contribution in [3.63, 3.8) is 0 Å². The smallest absolute Gasteiger partial charge is 0.135 e. The molecule has 4 rings (SSSR count). The second kappa shape index (κ2) is 7.08. The molecule has 5 heteroatoms. The van der Waals surface area contributed by atoms with Crippen LogP contribution in [0.15, 0.2) is 18.3 Å². The SMILES string of the molecule is Cc1cccnc1CN(C)c1nc(CC2CC2)nc2c1CCNCC2. The molecule has 2 aliphatic rings. The van der Waals surface area contributed by atoms with Gasteiger partial charge < -0.3 is 10.2 Å². The van der Waals surface area contributed by atoms with Crippen LogP contribution in [0.1, 0.15) is 41.2 Å². The second-order valence-electron chi connectivity index (χ2n) is 7.41. The van der Waals surface area contributed by atoms with E-state index in [1.807, 2.05) is 12.3 Å². The minimum Gasteiger partial charge on any atom is -0.353 e. The number of aryl methyl sites for hydroxylation is 1. The van der Waals surface area contributed by atoms with Crippen LogP contribution in [0.3, 0.4) is 0 Å². The second-order valence-corrected chi connectivity index (χ2v) is 7.41. The van der Waals surface area contributed by atoms with Gasteiger partial charge in [-0.2, -0.15) is 0 Å². The molecule has 5 nitrogen and oxygen atoms in total. The van der Waals surface area contributed by atoms with Gasteiger partial charge in [0.15, 0.2) is 0 Å². The average molecular weight is 337 g/mol. The van der Waals surface area contributed by atoms with E-state index < -0.39 is 0 Å². The fourth-order valence-electron chi connectivity index (χ4n) is 3.55. The van der Waals surface area contributed by atoms with Crippen molar-refractivity contribution >= 4 is 5.82 Å². The Balaban J connectivity index is 1.66. The van der Waals surface area contributed by atoms with Crippen LogP contribution in [-0.2, 0) is 25.8 Å². The summed E-state index contributed by atoms with van der Waals surface area (Å²) in [5, 5.41) is 3.49. The topological polar surface area (TPSA) is 53.9 Å². The number of anilines is 1. The molecule has 2 aromatic heterocycles. The van der Waals surface area contributed by atoms with Gasteiger partial charge in [-0.25, -0.2) is 9.97 Å². The first-order chi connectivity index (χ1) is 12.2. The Morgan fingerprint density at radius 3 is 2.84 bits per heavy atom. The zero-order valence-corrected chi connectivity index (χ0v) is 15.3. The van der Waals surface area contributed by atoms with Gasteiger partial charge in [-0.3, -0.25) is 4.98 Å². The van der Waals surface area contributed by atoms with Crippen LogP contribution < -0.4 is 10.2 Å². The van der Waals surface area contributed by atoms with E-state index in [-0.39, 0.29) is 0 Å². The first-order valence-electron chi connectivity index (χ1n) is 9.41. The fourth-order valence-corrected chi connectivity index (χ4v) is 3.55. The van der Waals surface area contributed by atoms with Gasteiger partial charge in [-0.1, -0.05) is 6.07 Å². The molecule has 0 unspecified atom stereocenters. The third kappa shape index (κ3) is 3.82. The van der Waals surface area contributed by atoms with Crippen molar-refractivity contribution in [1.29, 1.82) is 0 Å². The molecule has 0 atom stereocenters. The number of nitrogens with one attached hydrogen (secondary N) is 1. The highest BCUT2D eigenvalue weighted by Crippen LogP contribution is 2.33. The molecule has 1 fully saturated rings. The summed E-state index contributed by atoms with van der Waals surface area (Å²) in [5.41, 5.74) is 4.91. The maximum atomic E-state index is 4.99. The maximum Gasteiger partial charge on any atom is 0.135 e. The summed E-state index contributed by atoms with van der Waals surface area (Å²) in [4.78, 5) is 16.7. The Hall–Kier alpha value is -2.01. The molecule has 0 saturated heterocycles. The standard InChI is InChI=1S/C20H27N5/c1-14-4-3-9-22-18(14)13-25(2)20-16-7-10-21-11-8-17(16)23-19(24-20)12-15-5-6-15/h3-4,9,15,21H,5-8,10-13H2,1-2H3. The fraction of sp³-hybridized carbons (Fsp3) is 0.550. The summed E-state index contributed by atoms with van der Waals surface area (Å²) in [6.45, 7) is 4.92. The first-order valence-corrected chi connectivity index (χ1v) is 9.41. The highest BCUT2D eigenvalue weighted by molar-refractivity contribution is 5.50. The normalized spacial score (nSPS) is 17.0. The predicted molar refractivity (Wildman–Crippen MR) is 99.8 cm³/mol. The summed E-state index contributed by atoms with van der Waals surface area (Å²) >= 11 is 0. The molecule has 1 aliphatic carbocycles. The highest BCUT2D eigenvalue weighted by atomic mass is 15.2. The lowest BCUT2D eigenvalue weighted by atomic mass is 10.1. The van der Waals surface area contributed by atoms with Gasteiger partial charge in [0.05, 0.1) is 17.9 Å². The Kier molecular flexibility index (Phi) is 4.66. The van der Waals surface area contributed by atoms with E-state index in [1.54, 1.807) is 0 Å². The molecule has 1 aliphatic heterocycles. The predicted octanol–water partition coefficient (Wildman–Crippen LogP) is 2.46. The minimum absolute atomic E-state index is 0.784. The maximum absolute atomic E-state index is 4.99. The Labute approximate surface area is 149 Å².